The summed E-state index contributed by atoms with van der Waals surface area (Å²) in [6.07, 6.45) is 2.99. The molecule has 1 saturated carbocycles. The van der Waals surface area contributed by atoms with Crippen molar-refractivity contribution in [2.45, 2.75) is 39.0 Å². The number of ether oxygens (including phenoxy) is 1. The zero-order valence-corrected chi connectivity index (χ0v) is 15.2. The van der Waals surface area contributed by atoms with E-state index in [-0.39, 0.29) is 17.6 Å². The summed E-state index contributed by atoms with van der Waals surface area (Å²) in [5.41, 5.74) is 1.41. The Bertz CT molecular complexity index is 881. The third-order valence-electron chi connectivity index (χ3n) is 4.61. The zero-order chi connectivity index (χ0) is 19.6. The molecule has 7 heteroatoms. The van der Waals surface area contributed by atoms with Gasteiger partial charge in [-0.25, -0.2) is 4.98 Å². The molecule has 1 unspecified atom stereocenters. The number of aromatic hydroxyl groups is 1. The van der Waals surface area contributed by atoms with Gasteiger partial charge in [0.2, 0.25) is 5.91 Å². The highest BCUT2D eigenvalue weighted by molar-refractivity contribution is 5.93. The molecule has 1 aliphatic carbocycles. The van der Waals surface area contributed by atoms with Crippen molar-refractivity contribution in [1.29, 1.82) is 0 Å². The monoisotopic (exact) mass is 370 g/mol. The molecular formula is C20H22N2O5. The molecule has 0 saturated heterocycles. The van der Waals surface area contributed by atoms with Crippen LogP contribution in [0.3, 0.4) is 0 Å². The molecule has 1 aromatic heterocycles. The first-order chi connectivity index (χ1) is 13.0. The van der Waals surface area contributed by atoms with Gasteiger partial charge in [-0.2, -0.15) is 0 Å². The van der Waals surface area contributed by atoms with E-state index in [9.17, 15) is 14.7 Å². The molecule has 2 aromatic rings. The van der Waals surface area contributed by atoms with Crippen molar-refractivity contribution >= 4 is 17.7 Å². The number of benzene rings is 1. The van der Waals surface area contributed by atoms with Crippen LogP contribution in [0.4, 0.5) is 5.82 Å². The molecule has 2 aliphatic rings. The maximum absolute atomic E-state index is 11.5. The van der Waals surface area contributed by atoms with Crippen LogP contribution in [0.15, 0.2) is 30.5 Å². The molecule has 2 heterocycles. The third-order valence-corrected chi connectivity index (χ3v) is 4.61. The molecule has 1 aliphatic heterocycles. The van der Waals surface area contributed by atoms with E-state index in [1.54, 1.807) is 24.4 Å². The Hall–Kier alpha value is -3.09. The number of nitrogens with zero attached hydrogens (tertiary/aromatic N) is 1. The third kappa shape index (κ3) is 3.86. The van der Waals surface area contributed by atoms with Gasteiger partial charge >= 0.3 is 5.97 Å². The number of phenols is 1. The maximum Gasteiger partial charge on any atom is 0.307 e. The summed E-state index contributed by atoms with van der Waals surface area (Å²) >= 11 is 0. The first-order valence-electron chi connectivity index (χ1n) is 9.04. The van der Waals surface area contributed by atoms with Crippen molar-refractivity contribution in [3.05, 3.63) is 41.6 Å². The number of carboxylic acid groups (broad SMARTS) is 1. The molecule has 0 radical (unpaired) electrons. The van der Waals surface area contributed by atoms with Gasteiger partial charge in [-0.15, -0.1) is 0 Å². The van der Waals surface area contributed by atoms with Gasteiger partial charge < -0.3 is 20.3 Å². The Morgan fingerprint density at radius 3 is 2.74 bits per heavy atom. The quantitative estimate of drug-likeness (QED) is 0.757. The van der Waals surface area contributed by atoms with Crippen molar-refractivity contribution < 1.29 is 24.5 Å². The van der Waals surface area contributed by atoms with Gasteiger partial charge in [0.15, 0.2) is 0 Å². The number of fused-ring (bicyclic) bond motifs is 1. The fraction of sp³-hybridized carbons (Fsp3) is 0.350. The first-order valence-corrected chi connectivity index (χ1v) is 9.04. The molecule has 2 atom stereocenters. The Labute approximate surface area is 157 Å². The van der Waals surface area contributed by atoms with Gasteiger partial charge in [0.05, 0.1) is 5.92 Å². The highest BCUT2D eigenvalue weighted by Crippen LogP contribution is 2.51. The van der Waals surface area contributed by atoms with Gasteiger partial charge in [0.25, 0.3) is 0 Å². The number of nitrogens with one attached hydrogen (secondary N) is 1. The lowest BCUT2D eigenvalue weighted by Gasteiger charge is -2.19. The number of rotatable bonds is 4. The number of hydrogen-bond acceptors (Lipinski definition) is 5. The Kier molecular flexibility index (Phi) is 5.30. The predicted octanol–water partition coefficient (Wildman–Crippen LogP) is 3.68. The van der Waals surface area contributed by atoms with Gasteiger partial charge in [-0.05, 0) is 37.1 Å². The molecule has 0 bridgehead atoms. The number of hydrogen-bond donors (Lipinski definition) is 3. The second-order valence-corrected chi connectivity index (χ2v) is 6.29. The van der Waals surface area contributed by atoms with Crippen molar-refractivity contribution in [2.75, 3.05) is 5.32 Å². The predicted molar refractivity (Wildman–Crippen MR) is 99.2 cm³/mol. The molecule has 1 aromatic carbocycles. The lowest BCUT2D eigenvalue weighted by molar-refractivity contribution is -0.138. The van der Waals surface area contributed by atoms with E-state index >= 15 is 0 Å². The highest BCUT2D eigenvalue weighted by Gasteiger charge is 2.45. The average molecular weight is 370 g/mol. The second-order valence-electron chi connectivity index (χ2n) is 6.29. The minimum absolute atomic E-state index is 0.0717. The zero-order valence-electron chi connectivity index (χ0n) is 15.2. The number of carbonyl (C=O) groups excluding carboxylic acids is 1. The number of carbonyl (C=O) groups is 2. The number of pyridine rings is 1. The van der Waals surface area contributed by atoms with Crippen LogP contribution in [-0.2, 0) is 16.0 Å². The van der Waals surface area contributed by atoms with Crippen molar-refractivity contribution in [3.8, 4) is 17.2 Å². The fourth-order valence-corrected chi connectivity index (χ4v) is 3.18. The summed E-state index contributed by atoms with van der Waals surface area (Å²) in [7, 11) is 0. The molecule has 1 amide bonds. The Morgan fingerprint density at radius 2 is 2.04 bits per heavy atom. The number of phenolic OH excluding ortho intramolecular Hbond substituents is 1. The minimum atomic E-state index is -0.852. The van der Waals surface area contributed by atoms with E-state index in [1.807, 2.05) is 13.8 Å². The Morgan fingerprint density at radius 1 is 1.26 bits per heavy atom. The van der Waals surface area contributed by atoms with Crippen molar-refractivity contribution in [3.63, 3.8) is 0 Å². The van der Waals surface area contributed by atoms with E-state index in [4.69, 9.17) is 9.84 Å². The summed E-state index contributed by atoms with van der Waals surface area (Å²) in [5.74, 6) is 0.108. The minimum Gasteiger partial charge on any atom is -0.508 e. The van der Waals surface area contributed by atoms with E-state index < -0.39 is 11.9 Å². The average Bonchev–Trinajstić information content (AvgIpc) is 3.46. The van der Waals surface area contributed by atoms with Crippen molar-refractivity contribution in [2.24, 2.45) is 5.92 Å². The van der Waals surface area contributed by atoms with Gasteiger partial charge in [0.1, 0.15) is 23.1 Å². The maximum atomic E-state index is 11.5. The molecule has 142 valence electrons. The number of aliphatic carboxylic acids is 1. The van der Waals surface area contributed by atoms with Gasteiger partial charge in [-0.1, -0.05) is 13.8 Å². The van der Waals surface area contributed by atoms with Gasteiger partial charge in [0, 0.05) is 29.7 Å². The lowest BCUT2D eigenvalue weighted by atomic mass is 10.1. The highest BCUT2D eigenvalue weighted by atomic mass is 16.5. The van der Waals surface area contributed by atoms with Gasteiger partial charge in [-0.3, -0.25) is 9.59 Å². The summed E-state index contributed by atoms with van der Waals surface area (Å²) < 4.78 is 5.93. The van der Waals surface area contributed by atoms with E-state index in [0.717, 1.165) is 5.56 Å². The topological polar surface area (TPSA) is 109 Å². The van der Waals surface area contributed by atoms with Crippen LogP contribution in [0.5, 0.6) is 17.2 Å². The summed E-state index contributed by atoms with van der Waals surface area (Å²) in [6.45, 7) is 4.00. The number of amides is 1. The first kappa shape index (κ1) is 18.7. The normalized spacial score (nSPS) is 19.9. The fourth-order valence-electron chi connectivity index (χ4n) is 3.18. The number of aromatic nitrogens is 1. The van der Waals surface area contributed by atoms with Crippen LogP contribution in [0.1, 0.15) is 43.7 Å². The Balaban J connectivity index is 0.00000102. The molecule has 7 nitrogen and oxygen atoms in total. The number of anilines is 1. The molecule has 4 rings (SSSR count). The SMILES string of the molecule is CC.O=C1CCc2c(Oc3ccc(O)c([C@H]4CC4C(=O)O)c3)ccnc2N1. The van der Waals surface area contributed by atoms with E-state index in [2.05, 4.69) is 10.3 Å². The lowest BCUT2D eigenvalue weighted by Crippen LogP contribution is -2.20. The van der Waals surface area contributed by atoms with Crippen molar-refractivity contribution in [1.82, 2.24) is 4.98 Å². The summed E-state index contributed by atoms with van der Waals surface area (Å²) in [5, 5.41) is 21.8. The molecular weight excluding hydrogens is 348 g/mol. The van der Waals surface area contributed by atoms with Crippen LogP contribution in [0.2, 0.25) is 0 Å². The van der Waals surface area contributed by atoms with Crippen LogP contribution in [-0.4, -0.2) is 27.1 Å². The standard InChI is InChI=1S/C18H16N2O5.C2H6/c21-14-3-1-9(7-12(14)11-8-13(11)18(23)24)25-15-5-6-19-17-10(15)2-4-16(22)20-17;1-2/h1,3,5-7,11,13,21H,2,4,8H2,(H,23,24)(H,19,20,22);1-2H3/t11-,13?;/m1./s1. The van der Waals surface area contributed by atoms with Crippen LogP contribution >= 0.6 is 0 Å². The molecule has 3 N–H and O–H groups in total. The smallest absolute Gasteiger partial charge is 0.307 e. The van der Waals surface area contributed by atoms with Crippen LogP contribution in [0, 0.1) is 5.92 Å². The molecule has 0 spiro atoms. The summed E-state index contributed by atoms with van der Waals surface area (Å²) in [4.78, 5) is 26.7. The van der Waals surface area contributed by atoms with Crippen LogP contribution in [0.25, 0.3) is 0 Å². The molecule has 1 fully saturated rings. The second kappa shape index (κ2) is 7.65. The largest absolute Gasteiger partial charge is 0.508 e. The van der Waals surface area contributed by atoms with Crippen LogP contribution < -0.4 is 10.1 Å². The molecule has 27 heavy (non-hydrogen) atoms. The van der Waals surface area contributed by atoms with E-state index in [0.29, 0.717) is 42.1 Å². The van der Waals surface area contributed by atoms with E-state index in [1.165, 1.54) is 6.07 Å². The number of carboxylic acids is 1. The summed E-state index contributed by atoms with van der Waals surface area (Å²) in [6, 6.07) is 6.54.